The van der Waals surface area contributed by atoms with Gasteiger partial charge < -0.3 is 10.1 Å². The molecule has 0 spiro atoms. The van der Waals surface area contributed by atoms with Crippen molar-refractivity contribution in [3.63, 3.8) is 0 Å². The van der Waals surface area contributed by atoms with E-state index in [1.54, 1.807) is 0 Å². The van der Waals surface area contributed by atoms with Crippen LogP contribution in [0.1, 0.15) is 6.42 Å². The first kappa shape index (κ1) is 11.1. The highest BCUT2D eigenvalue weighted by molar-refractivity contribution is 6.33. The third-order valence-corrected chi connectivity index (χ3v) is 3.26. The Balaban J connectivity index is 2.04. The molecule has 0 aromatic heterocycles. The quantitative estimate of drug-likeness (QED) is 0.809. The molecule has 1 aliphatic rings. The molecule has 0 aliphatic carbocycles. The van der Waals surface area contributed by atoms with Crippen LogP contribution in [0.3, 0.4) is 0 Å². The van der Waals surface area contributed by atoms with E-state index in [1.165, 1.54) is 0 Å². The number of nitrogens with one attached hydrogen (secondary N) is 1. The molecular formula is C11H13Cl2NO. The van der Waals surface area contributed by atoms with Crippen LogP contribution < -0.4 is 5.32 Å². The van der Waals surface area contributed by atoms with Gasteiger partial charge in [0.15, 0.2) is 0 Å². The SMILES string of the molecule is Clc1ccccc1NC1CCOCC1Cl. The van der Waals surface area contributed by atoms with Crippen LogP contribution >= 0.6 is 23.2 Å². The Morgan fingerprint density at radius 3 is 2.87 bits per heavy atom. The van der Waals surface area contributed by atoms with E-state index >= 15 is 0 Å². The normalized spacial score (nSPS) is 26.3. The zero-order valence-electron chi connectivity index (χ0n) is 8.25. The van der Waals surface area contributed by atoms with E-state index in [1.807, 2.05) is 24.3 Å². The van der Waals surface area contributed by atoms with E-state index in [0.717, 1.165) is 23.7 Å². The molecule has 82 valence electrons. The van der Waals surface area contributed by atoms with E-state index in [0.29, 0.717) is 6.61 Å². The van der Waals surface area contributed by atoms with Gasteiger partial charge >= 0.3 is 0 Å². The van der Waals surface area contributed by atoms with Gasteiger partial charge in [-0.25, -0.2) is 0 Å². The van der Waals surface area contributed by atoms with Gasteiger partial charge in [-0.1, -0.05) is 23.7 Å². The molecule has 1 aliphatic heterocycles. The van der Waals surface area contributed by atoms with E-state index < -0.39 is 0 Å². The molecule has 2 nitrogen and oxygen atoms in total. The molecular weight excluding hydrogens is 233 g/mol. The topological polar surface area (TPSA) is 21.3 Å². The summed E-state index contributed by atoms with van der Waals surface area (Å²) in [6.45, 7) is 1.36. The summed E-state index contributed by atoms with van der Waals surface area (Å²) in [6.07, 6.45) is 0.916. The smallest absolute Gasteiger partial charge is 0.0771 e. The van der Waals surface area contributed by atoms with Crippen LogP contribution in [0.5, 0.6) is 0 Å². The molecule has 0 radical (unpaired) electrons. The molecule has 1 saturated heterocycles. The van der Waals surface area contributed by atoms with E-state index in [-0.39, 0.29) is 11.4 Å². The van der Waals surface area contributed by atoms with Gasteiger partial charge in [0.05, 0.1) is 22.7 Å². The highest BCUT2D eigenvalue weighted by Crippen LogP contribution is 2.25. The Morgan fingerprint density at radius 1 is 1.33 bits per heavy atom. The van der Waals surface area contributed by atoms with Gasteiger partial charge in [0.2, 0.25) is 0 Å². The number of hydrogen-bond acceptors (Lipinski definition) is 2. The molecule has 1 heterocycles. The molecule has 4 heteroatoms. The van der Waals surface area contributed by atoms with Crippen molar-refractivity contribution in [3.05, 3.63) is 29.3 Å². The predicted octanol–water partition coefficient (Wildman–Crippen LogP) is 3.15. The van der Waals surface area contributed by atoms with Crippen LogP contribution in [0.4, 0.5) is 5.69 Å². The molecule has 1 N–H and O–H groups in total. The van der Waals surface area contributed by atoms with Crippen LogP contribution in [-0.4, -0.2) is 24.6 Å². The molecule has 1 aromatic carbocycles. The van der Waals surface area contributed by atoms with Gasteiger partial charge in [0.25, 0.3) is 0 Å². The molecule has 2 atom stereocenters. The van der Waals surface area contributed by atoms with Gasteiger partial charge in [-0.05, 0) is 18.6 Å². The summed E-state index contributed by atoms with van der Waals surface area (Å²) in [5.41, 5.74) is 0.941. The number of halogens is 2. The van der Waals surface area contributed by atoms with Crippen molar-refractivity contribution in [2.75, 3.05) is 18.5 Å². The largest absolute Gasteiger partial charge is 0.380 e. The number of ether oxygens (including phenoxy) is 1. The number of benzene rings is 1. The van der Waals surface area contributed by atoms with Gasteiger partial charge in [-0.3, -0.25) is 0 Å². The lowest BCUT2D eigenvalue weighted by atomic mass is 10.1. The second kappa shape index (κ2) is 5.06. The average Bonchev–Trinajstić information content (AvgIpc) is 2.24. The summed E-state index contributed by atoms with van der Waals surface area (Å²) in [5.74, 6) is 0. The second-order valence-corrected chi connectivity index (χ2v) is 4.58. The highest BCUT2D eigenvalue weighted by atomic mass is 35.5. The minimum Gasteiger partial charge on any atom is -0.380 e. The zero-order valence-corrected chi connectivity index (χ0v) is 9.76. The summed E-state index contributed by atoms with van der Waals surface area (Å²) in [7, 11) is 0. The fourth-order valence-corrected chi connectivity index (χ4v) is 2.11. The Kier molecular flexibility index (Phi) is 3.73. The average molecular weight is 246 g/mol. The van der Waals surface area contributed by atoms with Gasteiger partial charge in [-0.15, -0.1) is 11.6 Å². The van der Waals surface area contributed by atoms with Crippen LogP contribution in [-0.2, 0) is 4.74 Å². The minimum atomic E-state index is 0.00928. The molecule has 1 aromatic rings. The lowest BCUT2D eigenvalue weighted by Gasteiger charge is -2.29. The van der Waals surface area contributed by atoms with E-state index in [2.05, 4.69) is 5.32 Å². The van der Waals surface area contributed by atoms with Gasteiger partial charge in [-0.2, -0.15) is 0 Å². The number of alkyl halides is 1. The molecule has 0 amide bonds. The highest BCUT2D eigenvalue weighted by Gasteiger charge is 2.23. The van der Waals surface area contributed by atoms with Gasteiger partial charge in [0, 0.05) is 12.6 Å². The van der Waals surface area contributed by atoms with Crippen LogP contribution in [0.2, 0.25) is 5.02 Å². The predicted molar refractivity (Wildman–Crippen MR) is 63.9 cm³/mol. The van der Waals surface area contributed by atoms with Crippen molar-refractivity contribution in [1.82, 2.24) is 0 Å². The van der Waals surface area contributed by atoms with Crippen molar-refractivity contribution in [1.29, 1.82) is 0 Å². The van der Waals surface area contributed by atoms with Crippen molar-refractivity contribution in [3.8, 4) is 0 Å². The lowest BCUT2D eigenvalue weighted by molar-refractivity contribution is 0.0935. The van der Waals surface area contributed by atoms with Crippen molar-refractivity contribution >= 4 is 28.9 Å². The first-order chi connectivity index (χ1) is 7.27. The maximum Gasteiger partial charge on any atom is 0.0771 e. The van der Waals surface area contributed by atoms with Crippen molar-refractivity contribution in [2.24, 2.45) is 0 Å². The van der Waals surface area contributed by atoms with Crippen molar-refractivity contribution in [2.45, 2.75) is 17.8 Å². The third-order valence-electron chi connectivity index (χ3n) is 2.50. The standard InChI is InChI=1S/C11H13Cl2NO/c12-8-3-1-2-4-10(8)14-11-5-6-15-7-9(11)13/h1-4,9,11,14H,5-7H2. The molecule has 2 unspecified atom stereocenters. The Labute approximate surface area is 99.5 Å². The Morgan fingerprint density at radius 2 is 2.13 bits per heavy atom. The summed E-state index contributed by atoms with van der Waals surface area (Å²) >= 11 is 12.2. The molecule has 2 rings (SSSR count). The van der Waals surface area contributed by atoms with Crippen molar-refractivity contribution < 1.29 is 4.74 Å². The minimum absolute atomic E-state index is 0.00928. The molecule has 1 fully saturated rings. The summed E-state index contributed by atoms with van der Waals surface area (Å²) in [5, 5.41) is 4.09. The van der Waals surface area contributed by atoms with Crippen LogP contribution in [0.15, 0.2) is 24.3 Å². The monoisotopic (exact) mass is 245 g/mol. The van der Waals surface area contributed by atoms with Gasteiger partial charge in [0.1, 0.15) is 0 Å². The maximum absolute atomic E-state index is 6.15. The van der Waals surface area contributed by atoms with E-state index in [4.69, 9.17) is 27.9 Å². The van der Waals surface area contributed by atoms with E-state index in [9.17, 15) is 0 Å². The fraction of sp³-hybridized carbons (Fsp3) is 0.455. The molecule has 0 saturated carbocycles. The Hall–Kier alpha value is -0.440. The zero-order chi connectivity index (χ0) is 10.7. The number of rotatable bonds is 2. The summed E-state index contributed by atoms with van der Waals surface area (Å²) in [6, 6.07) is 7.93. The second-order valence-electron chi connectivity index (χ2n) is 3.61. The maximum atomic E-state index is 6.15. The first-order valence-corrected chi connectivity index (χ1v) is 5.81. The first-order valence-electron chi connectivity index (χ1n) is 5.00. The lowest BCUT2D eigenvalue weighted by Crippen LogP contribution is -2.38. The fourth-order valence-electron chi connectivity index (χ4n) is 1.64. The molecule has 0 bridgehead atoms. The van der Waals surface area contributed by atoms with Crippen LogP contribution in [0, 0.1) is 0 Å². The Bertz CT molecular complexity index is 332. The molecule has 15 heavy (non-hydrogen) atoms. The summed E-state index contributed by atoms with van der Waals surface area (Å²) < 4.78 is 5.27. The number of anilines is 1. The number of hydrogen-bond donors (Lipinski definition) is 1. The number of para-hydroxylation sites is 1. The third kappa shape index (κ3) is 2.77. The van der Waals surface area contributed by atoms with Crippen LogP contribution in [0.25, 0.3) is 0 Å². The summed E-state index contributed by atoms with van der Waals surface area (Å²) in [4.78, 5) is 0.